The molecule has 2 aromatic rings. The van der Waals surface area contributed by atoms with E-state index in [2.05, 4.69) is 0 Å². The Morgan fingerprint density at radius 2 is 2.00 bits per heavy atom. The van der Waals surface area contributed by atoms with Gasteiger partial charge in [-0.05, 0) is 43.4 Å². The first-order chi connectivity index (χ1) is 9.15. The Kier molecular flexibility index (Phi) is 4.47. The van der Waals surface area contributed by atoms with Crippen LogP contribution in [0.15, 0.2) is 47.1 Å². The van der Waals surface area contributed by atoms with Crippen LogP contribution in [0.4, 0.5) is 4.39 Å². The highest BCUT2D eigenvalue weighted by molar-refractivity contribution is 5.96. The van der Waals surface area contributed by atoms with Crippen molar-refractivity contribution in [3.05, 3.63) is 59.8 Å². The van der Waals surface area contributed by atoms with Crippen LogP contribution in [0.1, 0.15) is 22.5 Å². The minimum absolute atomic E-state index is 0.0197. The van der Waals surface area contributed by atoms with Crippen molar-refractivity contribution >= 4 is 5.78 Å². The summed E-state index contributed by atoms with van der Waals surface area (Å²) < 4.78 is 18.0. The first kappa shape index (κ1) is 13.5. The van der Waals surface area contributed by atoms with Crippen molar-refractivity contribution in [3.63, 3.8) is 0 Å². The van der Waals surface area contributed by atoms with Gasteiger partial charge in [0.25, 0.3) is 0 Å². The third kappa shape index (κ3) is 4.03. The summed E-state index contributed by atoms with van der Waals surface area (Å²) >= 11 is 0. The number of benzene rings is 1. The van der Waals surface area contributed by atoms with E-state index in [0.29, 0.717) is 25.1 Å². The first-order valence-electron chi connectivity index (χ1n) is 6.15. The van der Waals surface area contributed by atoms with Gasteiger partial charge in [0.1, 0.15) is 11.6 Å². The molecule has 4 heteroatoms. The lowest BCUT2D eigenvalue weighted by Gasteiger charge is -2.14. The highest BCUT2D eigenvalue weighted by Crippen LogP contribution is 2.08. The molecule has 0 amide bonds. The van der Waals surface area contributed by atoms with Crippen molar-refractivity contribution in [2.24, 2.45) is 0 Å². The minimum atomic E-state index is -0.327. The minimum Gasteiger partial charge on any atom is -0.468 e. The average molecular weight is 261 g/mol. The number of ketones is 1. The van der Waals surface area contributed by atoms with Crippen LogP contribution in [0.25, 0.3) is 0 Å². The van der Waals surface area contributed by atoms with E-state index < -0.39 is 0 Å². The first-order valence-corrected chi connectivity index (χ1v) is 6.15. The van der Waals surface area contributed by atoms with Crippen molar-refractivity contribution in [1.29, 1.82) is 0 Å². The van der Waals surface area contributed by atoms with E-state index in [-0.39, 0.29) is 11.6 Å². The molecule has 1 aromatic carbocycles. The zero-order valence-corrected chi connectivity index (χ0v) is 10.8. The predicted octanol–water partition coefficient (Wildman–Crippen LogP) is 3.12. The Morgan fingerprint density at radius 1 is 1.26 bits per heavy atom. The third-order valence-electron chi connectivity index (χ3n) is 2.89. The molecule has 100 valence electrons. The molecule has 0 saturated heterocycles. The number of hydrogen-bond acceptors (Lipinski definition) is 3. The molecule has 0 saturated carbocycles. The maximum absolute atomic E-state index is 12.7. The number of carbonyl (C=O) groups excluding carboxylic acids is 1. The number of hydrogen-bond donors (Lipinski definition) is 0. The molecule has 19 heavy (non-hydrogen) atoms. The van der Waals surface area contributed by atoms with Crippen LogP contribution >= 0.6 is 0 Å². The van der Waals surface area contributed by atoms with Gasteiger partial charge in [0.15, 0.2) is 5.78 Å². The highest BCUT2D eigenvalue weighted by Gasteiger charge is 2.08. The van der Waals surface area contributed by atoms with Crippen molar-refractivity contribution in [2.75, 3.05) is 13.6 Å². The Bertz CT molecular complexity index is 520. The molecule has 0 spiro atoms. The second-order valence-corrected chi connectivity index (χ2v) is 4.50. The molecular formula is C15H16FNO2. The van der Waals surface area contributed by atoms with Crippen LogP contribution in [0, 0.1) is 5.82 Å². The molecular weight excluding hydrogens is 245 g/mol. The fourth-order valence-electron chi connectivity index (χ4n) is 1.82. The van der Waals surface area contributed by atoms with E-state index in [1.54, 1.807) is 6.26 Å². The van der Waals surface area contributed by atoms with E-state index >= 15 is 0 Å². The molecule has 0 atom stereocenters. The number of nitrogens with zero attached hydrogens (tertiary/aromatic N) is 1. The largest absolute Gasteiger partial charge is 0.468 e. The SMILES string of the molecule is CN(CCC(=O)c1ccc(F)cc1)Cc1ccco1. The Morgan fingerprint density at radius 3 is 2.63 bits per heavy atom. The molecule has 0 bridgehead atoms. The number of furan rings is 1. The summed E-state index contributed by atoms with van der Waals surface area (Å²) in [6.45, 7) is 1.31. The molecule has 0 aliphatic rings. The number of halogens is 1. The standard InChI is InChI=1S/C15H16FNO2/c1-17(11-14-3-2-10-19-14)9-8-15(18)12-4-6-13(16)7-5-12/h2-7,10H,8-9,11H2,1H3. The Balaban J connectivity index is 1.81. The van der Waals surface area contributed by atoms with Crippen molar-refractivity contribution in [1.82, 2.24) is 4.90 Å². The molecule has 0 N–H and O–H groups in total. The molecule has 0 aliphatic heterocycles. The lowest BCUT2D eigenvalue weighted by atomic mass is 10.1. The quantitative estimate of drug-likeness (QED) is 0.749. The van der Waals surface area contributed by atoms with Crippen LogP contribution in [0.5, 0.6) is 0 Å². The van der Waals surface area contributed by atoms with E-state index in [9.17, 15) is 9.18 Å². The van der Waals surface area contributed by atoms with Gasteiger partial charge < -0.3 is 4.42 Å². The summed E-state index contributed by atoms with van der Waals surface area (Å²) in [5.41, 5.74) is 0.549. The second-order valence-electron chi connectivity index (χ2n) is 4.50. The summed E-state index contributed by atoms with van der Waals surface area (Å²) in [6.07, 6.45) is 2.04. The van der Waals surface area contributed by atoms with Crippen molar-refractivity contribution in [2.45, 2.75) is 13.0 Å². The van der Waals surface area contributed by atoms with Gasteiger partial charge in [0, 0.05) is 18.5 Å². The average Bonchev–Trinajstić information content (AvgIpc) is 2.89. The van der Waals surface area contributed by atoms with E-state index in [4.69, 9.17) is 4.42 Å². The van der Waals surface area contributed by atoms with Crippen molar-refractivity contribution < 1.29 is 13.6 Å². The van der Waals surface area contributed by atoms with Crippen LogP contribution < -0.4 is 0 Å². The highest BCUT2D eigenvalue weighted by atomic mass is 19.1. The summed E-state index contributed by atoms with van der Waals surface area (Å²) in [6, 6.07) is 9.39. The van der Waals surface area contributed by atoms with Gasteiger partial charge in [-0.15, -0.1) is 0 Å². The van der Waals surface area contributed by atoms with Gasteiger partial charge >= 0.3 is 0 Å². The maximum atomic E-state index is 12.7. The van der Waals surface area contributed by atoms with Gasteiger partial charge in [-0.2, -0.15) is 0 Å². The molecule has 0 unspecified atom stereocenters. The molecule has 1 heterocycles. The third-order valence-corrected chi connectivity index (χ3v) is 2.89. The fraction of sp³-hybridized carbons (Fsp3) is 0.267. The van der Waals surface area contributed by atoms with Gasteiger partial charge in [-0.25, -0.2) is 4.39 Å². The lowest BCUT2D eigenvalue weighted by Crippen LogP contribution is -2.21. The fourth-order valence-corrected chi connectivity index (χ4v) is 1.82. The summed E-state index contributed by atoms with van der Waals surface area (Å²) in [4.78, 5) is 13.9. The Hall–Kier alpha value is -1.94. The number of carbonyl (C=O) groups is 1. The van der Waals surface area contributed by atoms with E-state index in [0.717, 1.165) is 5.76 Å². The zero-order chi connectivity index (χ0) is 13.7. The van der Waals surface area contributed by atoms with Crippen LogP contribution in [-0.2, 0) is 6.54 Å². The molecule has 3 nitrogen and oxygen atoms in total. The topological polar surface area (TPSA) is 33.5 Å². The van der Waals surface area contributed by atoms with Crippen molar-refractivity contribution in [3.8, 4) is 0 Å². The van der Waals surface area contributed by atoms with Gasteiger partial charge in [0.2, 0.25) is 0 Å². The van der Waals surface area contributed by atoms with Crippen LogP contribution in [-0.4, -0.2) is 24.3 Å². The lowest BCUT2D eigenvalue weighted by molar-refractivity contribution is 0.0966. The zero-order valence-electron chi connectivity index (χ0n) is 10.8. The monoisotopic (exact) mass is 261 g/mol. The molecule has 0 fully saturated rings. The molecule has 2 rings (SSSR count). The van der Waals surface area contributed by atoms with Gasteiger partial charge in [-0.3, -0.25) is 9.69 Å². The second kappa shape index (κ2) is 6.29. The Labute approximate surface area is 111 Å². The van der Waals surface area contributed by atoms with Crippen LogP contribution in [0.3, 0.4) is 0 Å². The number of rotatable bonds is 6. The molecule has 1 aromatic heterocycles. The number of Topliss-reactive ketones (excluding diaryl/α,β-unsaturated/α-hetero) is 1. The maximum Gasteiger partial charge on any atom is 0.164 e. The van der Waals surface area contributed by atoms with Crippen LogP contribution in [0.2, 0.25) is 0 Å². The summed E-state index contributed by atoms with van der Waals surface area (Å²) in [7, 11) is 1.93. The smallest absolute Gasteiger partial charge is 0.164 e. The molecule has 0 radical (unpaired) electrons. The predicted molar refractivity (Wildman–Crippen MR) is 70.4 cm³/mol. The van der Waals surface area contributed by atoms with Gasteiger partial charge in [0.05, 0.1) is 12.8 Å². The normalized spacial score (nSPS) is 10.9. The van der Waals surface area contributed by atoms with E-state index in [1.165, 1.54) is 24.3 Å². The summed E-state index contributed by atoms with van der Waals surface area (Å²) in [5.74, 6) is 0.564. The molecule has 0 aliphatic carbocycles. The van der Waals surface area contributed by atoms with E-state index in [1.807, 2.05) is 24.1 Å². The summed E-state index contributed by atoms with van der Waals surface area (Å²) in [5, 5.41) is 0. The van der Waals surface area contributed by atoms with Gasteiger partial charge in [-0.1, -0.05) is 0 Å².